The third kappa shape index (κ3) is 4.33. The van der Waals surface area contributed by atoms with E-state index >= 15 is 0 Å². The van der Waals surface area contributed by atoms with Gasteiger partial charge in [-0.15, -0.1) is 0 Å². The fraction of sp³-hybridized carbons (Fsp3) is 0.429. The predicted molar refractivity (Wildman–Crippen MR) is 138 cm³/mol. The van der Waals surface area contributed by atoms with E-state index in [1.54, 1.807) is 0 Å². The summed E-state index contributed by atoms with van der Waals surface area (Å²) >= 11 is 0. The predicted octanol–water partition coefficient (Wildman–Crippen LogP) is 4.29. The number of fused-ring (bicyclic) bond motifs is 4. The van der Waals surface area contributed by atoms with Crippen molar-refractivity contribution in [3.63, 3.8) is 0 Å². The molecule has 0 amide bonds. The Hall–Kier alpha value is -2.80. The Morgan fingerprint density at radius 2 is 1.88 bits per heavy atom. The molecule has 1 aromatic carbocycles. The van der Waals surface area contributed by atoms with E-state index < -0.39 is 0 Å². The van der Waals surface area contributed by atoms with Crippen LogP contribution in [0.4, 0.5) is 0 Å². The van der Waals surface area contributed by atoms with Crippen molar-refractivity contribution in [3.8, 4) is 0 Å². The van der Waals surface area contributed by atoms with Crippen LogP contribution in [0.2, 0.25) is 0 Å². The first-order valence-corrected chi connectivity index (χ1v) is 12.8. The van der Waals surface area contributed by atoms with Crippen LogP contribution in [0.3, 0.4) is 0 Å². The highest BCUT2D eigenvalue weighted by atomic mass is 15.2. The third-order valence-corrected chi connectivity index (χ3v) is 7.59. The summed E-state index contributed by atoms with van der Waals surface area (Å²) in [5.41, 5.74) is 6.19. The second-order valence-corrected chi connectivity index (χ2v) is 9.72. The van der Waals surface area contributed by atoms with Crippen LogP contribution >= 0.6 is 0 Å². The standard InChI is InChI=1S/C28H34N6/c1-2-9-24-22(8-1)23-11-13-30-25(28(23)32-24)20-34(17-5-16-33-18-14-29-15-19-33)26-10-3-6-21-7-4-12-31-27(21)26/h1-2,4,7-9,11-13,26,29,32H,3,5-6,10,14-20H2/t26-/m0/s1. The van der Waals surface area contributed by atoms with Gasteiger partial charge in [0.2, 0.25) is 0 Å². The minimum absolute atomic E-state index is 0.356. The molecule has 1 aliphatic heterocycles. The summed E-state index contributed by atoms with van der Waals surface area (Å²) in [7, 11) is 0. The molecule has 34 heavy (non-hydrogen) atoms. The van der Waals surface area contributed by atoms with Gasteiger partial charge in [-0.25, -0.2) is 0 Å². The van der Waals surface area contributed by atoms with Gasteiger partial charge in [-0.2, -0.15) is 0 Å². The number of aryl methyl sites for hydroxylation is 1. The maximum absolute atomic E-state index is 4.88. The highest BCUT2D eigenvalue weighted by Gasteiger charge is 2.28. The molecule has 6 heteroatoms. The summed E-state index contributed by atoms with van der Waals surface area (Å²) in [6, 6.07) is 15.4. The average Bonchev–Trinajstić information content (AvgIpc) is 3.28. The molecule has 1 atom stereocenters. The maximum atomic E-state index is 4.88. The Labute approximate surface area is 201 Å². The van der Waals surface area contributed by atoms with E-state index in [2.05, 4.69) is 62.6 Å². The summed E-state index contributed by atoms with van der Waals surface area (Å²) in [4.78, 5) is 18.7. The van der Waals surface area contributed by atoms with Crippen molar-refractivity contribution >= 4 is 21.8 Å². The van der Waals surface area contributed by atoms with Gasteiger partial charge in [0.15, 0.2) is 0 Å². The number of H-pyrrole nitrogens is 1. The van der Waals surface area contributed by atoms with Gasteiger partial charge >= 0.3 is 0 Å². The van der Waals surface area contributed by atoms with Crippen molar-refractivity contribution in [1.29, 1.82) is 0 Å². The van der Waals surface area contributed by atoms with Crippen LogP contribution in [0, 0.1) is 0 Å². The molecule has 1 saturated heterocycles. The van der Waals surface area contributed by atoms with Crippen LogP contribution in [-0.4, -0.2) is 64.0 Å². The van der Waals surface area contributed by atoms with Gasteiger partial charge in [-0.3, -0.25) is 14.9 Å². The molecule has 1 fully saturated rings. The number of hydrogen-bond acceptors (Lipinski definition) is 5. The molecule has 6 nitrogen and oxygen atoms in total. The first-order valence-electron chi connectivity index (χ1n) is 12.8. The Kier molecular flexibility index (Phi) is 6.27. The van der Waals surface area contributed by atoms with Crippen LogP contribution in [0.1, 0.15) is 42.3 Å². The van der Waals surface area contributed by atoms with Gasteiger partial charge in [0.05, 0.1) is 22.9 Å². The van der Waals surface area contributed by atoms with E-state index in [1.807, 2.05) is 12.4 Å². The number of pyridine rings is 2. The quantitative estimate of drug-likeness (QED) is 0.436. The molecule has 2 N–H and O–H groups in total. The van der Waals surface area contributed by atoms with Gasteiger partial charge in [0, 0.05) is 68.0 Å². The molecule has 3 aromatic heterocycles. The zero-order valence-electron chi connectivity index (χ0n) is 19.8. The van der Waals surface area contributed by atoms with E-state index in [9.17, 15) is 0 Å². The van der Waals surface area contributed by atoms with Crippen LogP contribution in [-0.2, 0) is 13.0 Å². The van der Waals surface area contributed by atoms with Gasteiger partial charge in [-0.1, -0.05) is 24.3 Å². The number of hydrogen-bond donors (Lipinski definition) is 2. The second-order valence-electron chi connectivity index (χ2n) is 9.72. The lowest BCUT2D eigenvalue weighted by Crippen LogP contribution is -2.44. The number of rotatable bonds is 7. The largest absolute Gasteiger partial charge is 0.353 e. The van der Waals surface area contributed by atoms with Gasteiger partial charge < -0.3 is 15.2 Å². The van der Waals surface area contributed by atoms with Crippen molar-refractivity contribution in [2.75, 3.05) is 39.3 Å². The highest BCUT2D eigenvalue weighted by Crippen LogP contribution is 2.35. The number of para-hydroxylation sites is 1. The number of benzene rings is 1. The van der Waals surface area contributed by atoms with Gasteiger partial charge in [-0.05, 0) is 56.0 Å². The maximum Gasteiger partial charge on any atom is 0.0784 e. The summed E-state index contributed by atoms with van der Waals surface area (Å²) in [6.45, 7) is 7.58. The highest BCUT2D eigenvalue weighted by molar-refractivity contribution is 6.07. The molecule has 0 radical (unpaired) electrons. The Bertz CT molecular complexity index is 1260. The third-order valence-electron chi connectivity index (χ3n) is 7.59. The average molecular weight is 455 g/mol. The number of nitrogens with one attached hydrogen (secondary N) is 2. The molecular formula is C28H34N6. The van der Waals surface area contributed by atoms with Crippen LogP contribution in [0.25, 0.3) is 21.8 Å². The van der Waals surface area contributed by atoms with Crippen LogP contribution in [0.5, 0.6) is 0 Å². The number of piperazine rings is 1. The number of aromatic nitrogens is 3. The lowest BCUT2D eigenvalue weighted by atomic mass is 9.90. The Balaban J connectivity index is 1.30. The molecule has 0 spiro atoms. The molecule has 2 aliphatic rings. The van der Waals surface area contributed by atoms with Crippen molar-refractivity contribution < 1.29 is 0 Å². The van der Waals surface area contributed by atoms with Crippen molar-refractivity contribution in [2.24, 2.45) is 0 Å². The topological polar surface area (TPSA) is 60.1 Å². The smallest absolute Gasteiger partial charge is 0.0784 e. The summed E-state index contributed by atoms with van der Waals surface area (Å²) in [5, 5.41) is 6.01. The monoisotopic (exact) mass is 454 g/mol. The van der Waals surface area contributed by atoms with Gasteiger partial charge in [0.25, 0.3) is 0 Å². The van der Waals surface area contributed by atoms with Crippen LogP contribution in [0.15, 0.2) is 54.9 Å². The van der Waals surface area contributed by atoms with E-state index in [1.165, 1.54) is 52.3 Å². The first-order chi connectivity index (χ1) is 16.9. The minimum atomic E-state index is 0.356. The zero-order chi connectivity index (χ0) is 22.7. The molecule has 6 rings (SSSR count). The number of aromatic amines is 1. The van der Waals surface area contributed by atoms with Crippen molar-refractivity contribution in [3.05, 3.63) is 71.8 Å². The Morgan fingerprint density at radius 3 is 2.82 bits per heavy atom. The SMILES string of the molecule is c1cnc2c(c1)CCC[C@@H]2N(CCCN1CCNCC1)Cc1nccc2c1[nH]c1ccccc12. The molecule has 0 bridgehead atoms. The molecule has 4 heterocycles. The molecule has 0 saturated carbocycles. The normalized spacial score (nSPS) is 19.1. The molecule has 0 unspecified atom stereocenters. The first kappa shape index (κ1) is 21.7. The van der Waals surface area contributed by atoms with Crippen LogP contribution < -0.4 is 5.32 Å². The molecular weight excluding hydrogens is 420 g/mol. The van der Waals surface area contributed by atoms with E-state index in [-0.39, 0.29) is 0 Å². The van der Waals surface area contributed by atoms with Gasteiger partial charge in [0.1, 0.15) is 0 Å². The lowest BCUT2D eigenvalue weighted by Gasteiger charge is -2.35. The zero-order valence-corrected chi connectivity index (χ0v) is 19.8. The Morgan fingerprint density at radius 1 is 0.971 bits per heavy atom. The van der Waals surface area contributed by atoms with Crippen molar-refractivity contribution in [2.45, 2.75) is 38.3 Å². The molecule has 176 valence electrons. The van der Waals surface area contributed by atoms with E-state index in [0.717, 1.165) is 57.9 Å². The van der Waals surface area contributed by atoms with Crippen molar-refractivity contribution in [1.82, 2.24) is 30.1 Å². The fourth-order valence-corrected chi connectivity index (χ4v) is 5.86. The summed E-state index contributed by atoms with van der Waals surface area (Å²) in [6.07, 6.45) is 8.64. The molecule has 1 aliphatic carbocycles. The summed E-state index contributed by atoms with van der Waals surface area (Å²) in [5.74, 6) is 0. The summed E-state index contributed by atoms with van der Waals surface area (Å²) < 4.78 is 0. The molecule has 4 aromatic rings. The van der Waals surface area contributed by atoms with E-state index in [0.29, 0.717) is 6.04 Å². The minimum Gasteiger partial charge on any atom is -0.353 e. The van der Waals surface area contributed by atoms with E-state index in [4.69, 9.17) is 9.97 Å². The lowest BCUT2D eigenvalue weighted by molar-refractivity contribution is 0.148. The number of nitrogens with zero attached hydrogens (tertiary/aromatic N) is 4. The fourth-order valence-electron chi connectivity index (χ4n) is 5.86. The second kappa shape index (κ2) is 9.82.